The van der Waals surface area contributed by atoms with Gasteiger partial charge in [-0.2, -0.15) is 0 Å². The molecule has 0 aromatic heterocycles. The Labute approximate surface area is 191 Å². The maximum Gasteiger partial charge on any atom is 0.225 e. The molecule has 0 radical (unpaired) electrons. The molecule has 7 nitrogen and oxygen atoms in total. The molecule has 2 N–H and O–H groups in total. The number of hydrogen-bond donors (Lipinski definition) is 2. The molecule has 4 atom stereocenters. The van der Waals surface area contributed by atoms with Gasteiger partial charge in [0.05, 0.1) is 12.0 Å². The number of carbonyl (C=O) groups excluding carboxylic acids is 2. The number of likely N-dealkylation sites (N-methyl/N-ethyl adjacent to an activating group) is 1. The van der Waals surface area contributed by atoms with E-state index in [0.29, 0.717) is 19.5 Å². The lowest BCUT2D eigenvalue weighted by molar-refractivity contribution is -0.128. The van der Waals surface area contributed by atoms with Gasteiger partial charge in [0, 0.05) is 64.2 Å². The van der Waals surface area contributed by atoms with Crippen molar-refractivity contribution in [3.8, 4) is 0 Å². The summed E-state index contributed by atoms with van der Waals surface area (Å²) < 4.78 is 0. The highest BCUT2D eigenvalue weighted by Gasteiger charge is 2.41. The average Bonchev–Trinajstić information content (AvgIpc) is 3.05. The summed E-state index contributed by atoms with van der Waals surface area (Å²) in [5.74, 6) is -0.260. The summed E-state index contributed by atoms with van der Waals surface area (Å²) in [5.41, 5.74) is 1.03. The second-order valence-corrected chi connectivity index (χ2v) is 10.1. The minimum absolute atomic E-state index is 0.0292. The molecular weight excluding hydrogens is 404 g/mol. The molecule has 32 heavy (non-hydrogen) atoms. The van der Waals surface area contributed by atoms with Gasteiger partial charge in [0.2, 0.25) is 11.8 Å². The number of piperazine rings is 1. The number of hydrogen-bond acceptors (Lipinski definition) is 5. The highest BCUT2D eigenvalue weighted by Crippen LogP contribution is 2.39. The van der Waals surface area contributed by atoms with E-state index < -0.39 is 0 Å². The summed E-state index contributed by atoms with van der Waals surface area (Å²) >= 11 is 0. The fourth-order valence-electron chi connectivity index (χ4n) is 5.74. The molecule has 7 heteroatoms. The van der Waals surface area contributed by atoms with E-state index in [4.69, 9.17) is 0 Å². The molecule has 3 fully saturated rings. The Morgan fingerprint density at radius 3 is 2.44 bits per heavy atom. The molecule has 2 heterocycles. The Bertz CT molecular complexity index is 796. The first-order valence-corrected chi connectivity index (χ1v) is 12.1. The Morgan fingerprint density at radius 2 is 1.78 bits per heavy atom. The maximum absolute atomic E-state index is 12.9. The molecule has 0 unspecified atom stereocenters. The van der Waals surface area contributed by atoms with Crippen LogP contribution in [0.25, 0.3) is 0 Å². The number of amides is 2. The van der Waals surface area contributed by atoms with Crippen LogP contribution in [0.15, 0.2) is 30.3 Å². The van der Waals surface area contributed by atoms with E-state index >= 15 is 0 Å². The standard InChI is InChI=1S/C25H38N4O3/c1-27-12-14-29(15-13-27)21-8-10-25(11-9-22(21)30,20-6-4-3-5-7-20)18-26-24(32)19-16-23(31)28(2)17-19/h3-7,19,21-22,30H,8-18H2,1-2H3,(H,26,32)/t19-,21-,22-,25-/m0/s1. The summed E-state index contributed by atoms with van der Waals surface area (Å²) in [6, 6.07) is 10.6. The predicted molar refractivity (Wildman–Crippen MR) is 124 cm³/mol. The molecule has 2 amide bonds. The third-order valence-electron chi connectivity index (χ3n) is 7.99. The van der Waals surface area contributed by atoms with Gasteiger partial charge in [0.15, 0.2) is 0 Å². The number of likely N-dealkylation sites (tertiary alicyclic amines) is 1. The van der Waals surface area contributed by atoms with E-state index in [1.807, 2.05) is 6.07 Å². The van der Waals surface area contributed by atoms with E-state index in [1.54, 1.807) is 11.9 Å². The molecule has 1 saturated carbocycles. The van der Waals surface area contributed by atoms with E-state index in [2.05, 4.69) is 46.4 Å². The second-order valence-electron chi connectivity index (χ2n) is 10.1. The molecule has 1 aliphatic carbocycles. The van der Waals surface area contributed by atoms with Gasteiger partial charge in [-0.1, -0.05) is 30.3 Å². The lowest BCUT2D eigenvalue weighted by Crippen LogP contribution is -2.52. The van der Waals surface area contributed by atoms with Gasteiger partial charge >= 0.3 is 0 Å². The van der Waals surface area contributed by atoms with Crippen LogP contribution in [0.3, 0.4) is 0 Å². The Kier molecular flexibility index (Phi) is 7.17. The van der Waals surface area contributed by atoms with Crippen LogP contribution in [0.1, 0.15) is 37.7 Å². The number of rotatable bonds is 5. The van der Waals surface area contributed by atoms with Crippen LogP contribution in [-0.4, -0.2) is 97.1 Å². The molecule has 1 aromatic rings. The predicted octanol–water partition coefficient (Wildman–Crippen LogP) is 1.07. The first kappa shape index (κ1) is 23.2. The number of aliphatic hydroxyl groups is 1. The van der Waals surface area contributed by atoms with Gasteiger partial charge in [0.25, 0.3) is 0 Å². The fraction of sp³-hybridized carbons (Fsp3) is 0.680. The van der Waals surface area contributed by atoms with Crippen molar-refractivity contribution in [3.05, 3.63) is 35.9 Å². The normalized spacial score (nSPS) is 32.7. The smallest absolute Gasteiger partial charge is 0.225 e. The highest BCUT2D eigenvalue weighted by atomic mass is 16.3. The minimum Gasteiger partial charge on any atom is -0.391 e. The van der Waals surface area contributed by atoms with Gasteiger partial charge in [-0.25, -0.2) is 0 Å². The van der Waals surface area contributed by atoms with Crippen molar-refractivity contribution in [1.82, 2.24) is 20.0 Å². The van der Waals surface area contributed by atoms with Gasteiger partial charge in [0.1, 0.15) is 0 Å². The summed E-state index contributed by atoms with van der Waals surface area (Å²) in [6.45, 7) is 5.11. The van der Waals surface area contributed by atoms with Crippen LogP contribution in [0.4, 0.5) is 0 Å². The molecule has 2 saturated heterocycles. The zero-order valence-electron chi connectivity index (χ0n) is 19.5. The first-order valence-electron chi connectivity index (χ1n) is 12.1. The summed E-state index contributed by atoms with van der Waals surface area (Å²) in [7, 11) is 3.91. The number of benzene rings is 1. The van der Waals surface area contributed by atoms with Crippen molar-refractivity contribution in [2.45, 2.75) is 49.7 Å². The molecule has 1 aromatic carbocycles. The minimum atomic E-state index is -0.346. The largest absolute Gasteiger partial charge is 0.391 e. The van der Waals surface area contributed by atoms with Crippen molar-refractivity contribution in [2.24, 2.45) is 5.92 Å². The Hall–Kier alpha value is -1.96. The summed E-state index contributed by atoms with van der Waals surface area (Å²) in [4.78, 5) is 31.2. The van der Waals surface area contributed by atoms with E-state index in [1.165, 1.54) is 5.56 Å². The van der Waals surface area contributed by atoms with Gasteiger partial charge < -0.3 is 20.2 Å². The Morgan fingerprint density at radius 1 is 1.09 bits per heavy atom. The van der Waals surface area contributed by atoms with Gasteiger partial charge in [-0.15, -0.1) is 0 Å². The molecule has 176 valence electrons. The van der Waals surface area contributed by atoms with Crippen molar-refractivity contribution in [2.75, 3.05) is 53.4 Å². The Balaban J connectivity index is 1.48. The van der Waals surface area contributed by atoms with Crippen LogP contribution in [0, 0.1) is 5.92 Å². The third-order valence-corrected chi connectivity index (χ3v) is 7.99. The molecule has 3 aliphatic rings. The lowest BCUT2D eigenvalue weighted by atomic mass is 9.74. The fourth-order valence-corrected chi connectivity index (χ4v) is 5.74. The SMILES string of the molecule is CN1CCN([C@H]2CC[C@](CNC(=O)[C@H]3CC(=O)N(C)C3)(c3ccccc3)CC[C@@H]2O)CC1. The highest BCUT2D eigenvalue weighted by molar-refractivity contribution is 5.89. The number of carbonyl (C=O) groups is 2. The van der Waals surface area contributed by atoms with E-state index in [9.17, 15) is 14.7 Å². The van der Waals surface area contributed by atoms with Gasteiger partial charge in [-0.05, 0) is 38.3 Å². The van der Waals surface area contributed by atoms with Crippen molar-refractivity contribution in [3.63, 3.8) is 0 Å². The molecular formula is C25H38N4O3. The lowest BCUT2D eigenvalue weighted by Gasteiger charge is -2.39. The monoisotopic (exact) mass is 442 g/mol. The quantitative estimate of drug-likeness (QED) is 0.668. The van der Waals surface area contributed by atoms with Crippen molar-refractivity contribution in [1.29, 1.82) is 0 Å². The van der Waals surface area contributed by atoms with E-state index in [0.717, 1.165) is 51.9 Å². The zero-order chi connectivity index (χ0) is 22.7. The summed E-state index contributed by atoms with van der Waals surface area (Å²) in [6.07, 6.45) is 3.36. The number of aliphatic hydroxyl groups excluding tert-OH is 1. The molecule has 0 bridgehead atoms. The average molecular weight is 443 g/mol. The van der Waals surface area contributed by atoms with Crippen LogP contribution < -0.4 is 5.32 Å². The molecule has 2 aliphatic heterocycles. The topological polar surface area (TPSA) is 76.1 Å². The van der Waals surface area contributed by atoms with Crippen LogP contribution >= 0.6 is 0 Å². The van der Waals surface area contributed by atoms with Crippen LogP contribution in [-0.2, 0) is 15.0 Å². The van der Waals surface area contributed by atoms with E-state index in [-0.39, 0.29) is 35.3 Å². The van der Waals surface area contributed by atoms with Gasteiger partial charge in [-0.3, -0.25) is 14.5 Å². The summed E-state index contributed by atoms with van der Waals surface area (Å²) in [5, 5.41) is 14.3. The zero-order valence-corrected chi connectivity index (χ0v) is 19.5. The molecule has 4 rings (SSSR count). The van der Waals surface area contributed by atoms with Crippen LogP contribution in [0.5, 0.6) is 0 Å². The first-order chi connectivity index (χ1) is 15.4. The maximum atomic E-state index is 12.9. The second kappa shape index (κ2) is 9.89. The molecule has 0 spiro atoms. The van der Waals surface area contributed by atoms with Crippen LogP contribution in [0.2, 0.25) is 0 Å². The van der Waals surface area contributed by atoms with Crippen molar-refractivity contribution >= 4 is 11.8 Å². The van der Waals surface area contributed by atoms with Crippen molar-refractivity contribution < 1.29 is 14.7 Å². The number of nitrogens with one attached hydrogen (secondary N) is 1. The third kappa shape index (κ3) is 5.00. The number of nitrogens with zero attached hydrogens (tertiary/aromatic N) is 3.